The first-order chi connectivity index (χ1) is 4.24. The SMILES string of the molecule is N#Cc1sc(Br)cc1O. The first kappa shape index (κ1) is 6.59. The van der Waals surface area contributed by atoms with Crippen molar-refractivity contribution in [3.8, 4) is 11.8 Å². The highest BCUT2D eigenvalue weighted by atomic mass is 79.9. The summed E-state index contributed by atoms with van der Waals surface area (Å²) < 4.78 is 0.775. The molecule has 1 N–H and O–H groups in total. The number of rotatable bonds is 0. The Labute approximate surface area is 64.5 Å². The van der Waals surface area contributed by atoms with Crippen LogP contribution in [0.5, 0.6) is 5.75 Å². The van der Waals surface area contributed by atoms with E-state index in [0.29, 0.717) is 4.88 Å². The van der Waals surface area contributed by atoms with Crippen LogP contribution in [0.3, 0.4) is 0 Å². The lowest BCUT2D eigenvalue weighted by atomic mass is 10.5. The van der Waals surface area contributed by atoms with E-state index in [-0.39, 0.29) is 5.75 Å². The van der Waals surface area contributed by atoms with E-state index >= 15 is 0 Å². The Kier molecular flexibility index (Phi) is 1.74. The fourth-order valence-electron chi connectivity index (χ4n) is 0.432. The number of thiophene rings is 1. The monoisotopic (exact) mass is 203 g/mol. The minimum absolute atomic E-state index is 0.0503. The molecule has 0 aromatic carbocycles. The summed E-state index contributed by atoms with van der Waals surface area (Å²) in [6.07, 6.45) is 0. The second-order valence-corrected chi connectivity index (χ2v) is 3.81. The second-order valence-electron chi connectivity index (χ2n) is 1.38. The summed E-state index contributed by atoms with van der Waals surface area (Å²) in [5, 5.41) is 17.2. The average molecular weight is 204 g/mol. The average Bonchev–Trinajstić information content (AvgIpc) is 2.10. The third-order valence-electron chi connectivity index (χ3n) is 0.784. The number of hydrogen-bond acceptors (Lipinski definition) is 3. The van der Waals surface area contributed by atoms with Crippen LogP contribution >= 0.6 is 27.3 Å². The van der Waals surface area contributed by atoms with Crippen molar-refractivity contribution >= 4 is 27.3 Å². The molecule has 2 nitrogen and oxygen atoms in total. The van der Waals surface area contributed by atoms with Gasteiger partial charge in [0, 0.05) is 6.07 Å². The second kappa shape index (κ2) is 2.38. The van der Waals surface area contributed by atoms with Crippen LogP contribution in [0.2, 0.25) is 0 Å². The molecule has 0 fully saturated rings. The van der Waals surface area contributed by atoms with Crippen LogP contribution in [-0.2, 0) is 0 Å². The highest BCUT2D eigenvalue weighted by Gasteiger charge is 2.03. The molecule has 0 aliphatic rings. The van der Waals surface area contributed by atoms with Gasteiger partial charge in [0.15, 0.2) is 0 Å². The normalized spacial score (nSPS) is 8.89. The Balaban J connectivity index is 3.20. The summed E-state index contributed by atoms with van der Waals surface area (Å²) in [6.45, 7) is 0. The lowest BCUT2D eigenvalue weighted by Crippen LogP contribution is -1.58. The van der Waals surface area contributed by atoms with E-state index in [9.17, 15) is 0 Å². The predicted octanol–water partition coefficient (Wildman–Crippen LogP) is 2.09. The van der Waals surface area contributed by atoms with Crippen LogP contribution in [0.25, 0.3) is 0 Å². The first-order valence-electron chi connectivity index (χ1n) is 2.12. The molecular weight excluding hydrogens is 202 g/mol. The molecule has 4 heteroatoms. The molecule has 0 aliphatic heterocycles. The molecule has 0 amide bonds. The molecule has 1 heterocycles. The van der Waals surface area contributed by atoms with Crippen molar-refractivity contribution in [2.75, 3.05) is 0 Å². The molecule has 1 aromatic rings. The topological polar surface area (TPSA) is 44.0 Å². The lowest BCUT2D eigenvalue weighted by molar-refractivity contribution is 0.476. The maximum atomic E-state index is 8.89. The molecular formula is C5H2BrNOS. The third kappa shape index (κ3) is 1.23. The first-order valence-corrected chi connectivity index (χ1v) is 3.73. The van der Waals surface area contributed by atoms with Gasteiger partial charge >= 0.3 is 0 Å². The van der Waals surface area contributed by atoms with Crippen LogP contribution in [0.15, 0.2) is 9.85 Å². The van der Waals surface area contributed by atoms with E-state index in [1.807, 2.05) is 6.07 Å². The van der Waals surface area contributed by atoms with Gasteiger partial charge in [0.25, 0.3) is 0 Å². The molecule has 46 valence electrons. The Bertz CT molecular complexity index is 262. The van der Waals surface area contributed by atoms with Gasteiger partial charge in [0.1, 0.15) is 16.7 Å². The number of halogens is 1. The Hall–Kier alpha value is -0.530. The Morgan fingerprint density at radius 1 is 1.78 bits per heavy atom. The van der Waals surface area contributed by atoms with Crippen molar-refractivity contribution in [3.05, 3.63) is 14.7 Å². The van der Waals surface area contributed by atoms with Gasteiger partial charge in [-0.2, -0.15) is 5.26 Å². The van der Waals surface area contributed by atoms with Crippen LogP contribution in [-0.4, -0.2) is 5.11 Å². The van der Waals surface area contributed by atoms with Gasteiger partial charge in [-0.15, -0.1) is 11.3 Å². The molecule has 0 spiro atoms. The van der Waals surface area contributed by atoms with Crippen molar-refractivity contribution in [3.63, 3.8) is 0 Å². The maximum Gasteiger partial charge on any atom is 0.147 e. The summed E-state index contributed by atoms with van der Waals surface area (Å²) in [7, 11) is 0. The van der Waals surface area contributed by atoms with Crippen molar-refractivity contribution in [1.82, 2.24) is 0 Å². The zero-order chi connectivity index (χ0) is 6.85. The van der Waals surface area contributed by atoms with Gasteiger partial charge < -0.3 is 5.11 Å². The minimum atomic E-state index is 0.0503. The van der Waals surface area contributed by atoms with Gasteiger partial charge in [-0.3, -0.25) is 0 Å². The van der Waals surface area contributed by atoms with Gasteiger partial charge in [0.2, 0.25) is 0 Å². The summed E-state index contributed by atoms with van der Waals surface area (Å²) in [6, 6.07) is 3.36. The van der Waals surface area contributed by atoms with E-state index in [1.165, 1.54) is 17.4 Å². The van der Waals surface area contributed by atoms with Crippen LogP contribution < -0.4 is 0 Å². The largest absolute Gasteiger partial charge is 0.506 e. The highest BCUT2D eigenvalue weighted by molar-refractivity contribution is 9.11. The smallest absolute Gasteiger partial charge is 0.147 e. The summed E-state index contributed by atoms with van der Waals surface area (Å²) in [5.74, 6) is 0.0503. The Morgan fingerprint density at radius 3 is 2.67 bits per heavy atom. The molecule has 0 unspecified atom stereocenters. The van der Waals surface area contributed by atoms with E-state index in [0.717, 1.165) is 3.79 Å². The maximum absolute atomic E-state index is 8.89. The van der Waals surface area contributed by atoms with Gasteiger partial charge in [-0.25, -0.2) is 0 Å². The molecule has 0 radical (unpaired) electrons. The Morgan fingerprint density at radius 2 is 2.44 bits per heavy atom. The number of nitriles is 1. The van der Waals surface area contributed by atoms with Crippen molar-refractivity contribution in [2.45, 2.75) is 0 Å². The molecule has 0 atom stereocenters. The molecule has 0 saturated heterocycles. The predicted molar refractivity (Wildman–Crippen MR) is 38.4 cm³/mol. The third-order valence-corrected chi connectivity index (χ3v) is 2.32. The lowest BCUT2D eigenvalue weighted by Gasteiger charge is -1.76. The summed E-state index contributed by atoms with van der Waals surface area (Å²) in [4.78, 5) is 0.349. The van der Waals surface area contributed by atoms with Crippen LogP contribution in [0.1, 0.15) is 4.88 Å². The van der Waals surface area contributed by atoms with E-state index in [4.69, 9.17) is 10.4 Å². The number of nitrogens with zero attached hydrogens (tertiary/aromatic N) is 1. The van der Waals surface area contributed by atoms with Crippen molar-refractivity contribution in [2.24, 2.45) is 0 Å². The van der Waals surface area contributed by atoms with E-state index < -0.39 is 0 Å². The number of aromatic hydroxyl groups is 1. The van der Waals surface area contributed by atoms with E-state index in [1.54, 1.807) is 0 Å². The molecule has 0 aliphatic carbocycles. The quantitative estimate of drug-likeness (QED) is 0.703. The molecule has 0 bridgehead atoms. The highest BCUT2D eigenvalue weighted by Crippen LogP contribution is 2.30. The van der Waals surface area contributed by atoms with Gasteiger partial charge in [0.05, 0.1) is 3.79 Å². The molecule has 1 aromatic heterocycles. The summed E-state index contributed by atoms with van der Waals surface area (Å²) >= 11 is 4.35. The molecule has 0 saturated carbocycles. The van der Waals surface area contributed by atoms with Crippen molar-refractivity contribution < 1.29 is 5.11 Å². The fourth-order valence-corrected chi connectivity index (χ4v) is 1.71. The zero-order valence-electron chi connectivity index (χ0n) is 4.26. The minimum Gasteiger partial charge on any atom is -0.506 e. The number of hydrogen-bond donors (Lipinski definition) is 1. The van der Waals surface area contributed by atoms with Gasteiger partial charge in [-0.05, 0) is 15.9 Å². The van der Waals surface area contributed by atoms with Crippen molar-refractivity contribution in [1.29, 1.82) is 5.26 Å². The fraction of sp³-hybridized carbons (Fsp3) is 0. The zero-order valence-corrected chi connectivity index (χ0v) is 6.66. The molecule has 1 rings (SSSR count). The molecule has 9 heavy (non-hydrogen) atoms. The standard InChI is InChI=1S/C5H2BrNOS/c6-5-1-3(8)4(2-7)9-5/h1,8H. The summed E-state index contributed by atoms with van der Waals surface area (Å²) in [5.41, 5.74) is 0. The van der Waals surface area contributed by atoms with Crippen LogP contribution in [0.4, 0.5) is 0 Å². The van der Waals surface area contributed by atoms with Crippen LogP contribution in [0, 0.1) is 11.3 Å². The van der Waals surface area contributed by atoms with Gasteiger partial charge in [-0.1, -0.05) is 0 Å². The van der Waals surface area contributed by atoms with E-state index in [2.05, 4.69) is 15.9 Å².